The van der Waals surface area contributed by atoms with Crippen LogP contribution in [0.4, 0.5) is 0 Å². The predicted molar refractivity (Wildman–Crippen MR) is 86.8 cm³/mol. The van der Waals surface area contributed by atoms with Crippen LogP contribution < -0.4 is 5.32 Å². The molecule has 0 spiro atoms. The molecule has 1 amide bonds. The smallest absolute Gasteiger partial charge is 0.250 e. The Labute approximate surface area is 137 Å². The highest BCUT2D eigenvalue weighted by Crippen LogP contribution is 2.32. The summed E-state index contributed by atoms with van der Waals surface area (Å²) >= 11 is 0. The first kappa shape index (κ1) is 16.4. The standard InChI is InChI=1S/C15H24N4O3S/c1-14(2)12-18(10-11-23(14,21)22)13(20)15(4-7-16-8-5-15)19-9-3-6-17-19/h3,6,9,16H,4-5,7-8,10-12H2,1-2H3. The number of hydrogen-bond acceptors (Lipinski definition) is 5. The summed E-state index contributed by atoms with van der Waals surface area (Å²) in [5.74, 6) is 0.0183. The number of aromatic nitrogens is 2. The summed E-state index contributed by atoms with van der Waals surface area (Å²) in [4.78, 5) is 15.0. The number of carbonyl (C=O) groups is 1. The normalized spacial score (nSPS) is 25.9. The largest absolute Gasteiger partial charge is 0.338 e. The van der Waals surface area contributed by atoms with Crippen LogP contribution in [0.2, 0.25) is 0 Å². The highest BCUT2D eigenvalue weighted by molar-refractivity contribution is 7.92. The fourth-order valence-electron chi connectivity index (χ4n) is 3.51. The van der Waals surface area contributed by atoms with Crippen molar-refractivity contribution in [2.24, 2.45) is 0 Å². The molecule has 2 saturated heterocycles. The van der Waals surface area contributed by atoms with Gasteiger partial charge in [-0.3, -0.25) is 9.48 Å². The van der Waals surface area contributed by atoms with Crippen molar-refractivity contribution in [2.45, 2.75) is 37.0 Å². The van der Waals surface area contributed by atoms with E-state index in [0.717, 1.165) is 13.1 Å². The number of sulfone groups is 1. The first-order valence-corrected chi connectivity index (χ1v) is 9.66. The van der Waals surface area contributed by atoms with Crippen LogP contribution in [0.3, 0.4) is 0 Å². The average molecular weight is 340 g/mol. The van der Waals surface area contributed by atoms with Crippen molar-refractivity contribution in [3.05, 3.63) is 18.5 Å². The van der Waals surface area contributed by atoms with Crippen molar-refractivity contribution >= 4 is 15.7 Å². The molecular weight excluding hydrogens is 316 g/mol. The third-order valence-electron chi connectivity index (χ3n) is 5.10. The lowest BCUT2D eigenvalue weighted by atomic mass is 9.86. The summed E-state index contributed by atoms with van der Waals surface area (Å²) < 4.78 is 25.2. The number of nitrogens with one attached hydrogen (secondary N) is 1. The van der Waals surface area contributed by atoms with E-state index in [1.54, 1.807) is 29.6 Å². The number of piperidine rings is 1. The van der Waals surface area contributed by atoms with Gasteiger partial charge in [-0.25, -0.2) is 8.42 Å². The molecule has 2 fully saturated rings. The SMILES string of the molecule is CC1(C)CN(C(=O)C2(n3cccn3)CCNCC2)CCS1(=O)=O. The quantitative estimate of drug-likeness (QED) is 0.819. The van der Waals surface area contributed by atoms with Crippen molar-refractivity contribution < 1.29 is 13.2 Å². The molecule has 0 aliphatic carbocycles. The van der Waals surface area contributed by atoms with Crippen molar-refractivity contribution in [1.29, 1.82) is 0 Å². The zero-order valence-corrected chi connectivity index (χ0v) is 14.5. The first-order chi connectivity index (χ1) is 10.8. The van der Waals surface area contributed by atoms with Crippen molar-refractivity contribution in [1.82, 2.24) is 20.0 Å². The van der Waals surface area contributed by atoms with Gasteiger partial charge in [-0.2, -0.15) is 5.10 Å². The summed E-state index contributed by atoms with van der Waals surface area (Å²) in [6, 6.07) is 1.82. The number of carbonyl (C=O) groups excluding carboxylic acids is 1. The molecule has 23 heavy (non-hydrogen) atoms. The Balaban J connectivity index is 1.91. The topological polar surface area (TPSA) is 84.3 Å². The Hall–Kier alpha value is -1.41. The average Bonchev–Trinajstić information content (AvgIpc) is 3.05. The maximum Gasteiger partial charge on any atom is 0.250 e. The Bertz CT molecular complexity index is 676. The first-order valence-electron chi connectivity index (χ1n) is 8.01. The van der Waals surface area contributed by atoms with Crippen LogP contribution in [-0.2, 0) is 20.2 Å². The summed E-state index contributed by atoms with van der Waals surface area (Å²) in [6.45, 7) is 5.41. The lowest BCUT2D eigenvalue weighted by molar-refractivity contribution is -0.143. The Morgan fingerprint density at radius 1 is 1.26 bits per heavy atom. The second-order valence-corrected chi connectivity index (χ2v) is 9.78. The lowest BCUT2D eigenvalue weighted by Gasteiger charge is -2.44. The molecule has 8 heteroatoms. The van der Waals surface area contributed by atoms with Gasteiger partial charge in [0.2, 0.25) is 0 Å². The molecule has 3 heterocycles. The van der Waals surface area contributed by atoms with Gasteiger partial charge >= 0.3 is 0 Å². The Morgan fingerprint density at radius 2 is 1.96 bits per heavy atom. The van der Waals surface area contributed by atoms with E-state index < -0.39 is 20.1 Å². The van der Waals surface area contributed by atoms with Crippen LogP contribution in [0.15, 0.2) is 18.5 Å². The fraction of sp³-hybridized carbons (Fsp3) is 0.733. The zero-order chi connectivity index (χ0) is 16.7. The number of amides is 1. The maximum atomic E-state index is 13.3. The number of rotatable bonds is 2. The minimum Gasteiger partial charge on any atom is -0.338 e. The number of hydrogen-bond donors (Lipinski definition) is 1. The van der Waals surface area contributed by atoms with E-state index in [0.29, 0.717) is 12.8 Å². The zero-order valence-electron chi connectivity index (χ0n) is 13.7. The van der Waals surface area contributed by atoms with Crippen molar-refractivity contribution in [3.8, 4) is 0 Å². The van der Waals surface area contributed by atoms with E-state index in [1.807, 2.05) is 12.3 Å². The molecule has 0 aromatic carbocycles. The van der Waals surface area contributed by atoms with Crippen molar-refractivity contribution in [2.75, 3.05) is 31.9 Å². The van der Waals surface area contributed by atoms with Crippen molar-refractivity contribution in [3.63, 3.8) is 0 Å². The predicted octanol–water partition coefficient (Wildman–Crippen LogP) is -0.00260. The molecule has 2 aliphatic rings. The molecule has 0 radical (unpaired) electrons. The van der Waals surface area contributed by atoms with Crippen LogP contribution in [0, 0.1) is 0 Å². The second kappa shape index (κ2) is 5.59. The van der Waals surface area contributed by atoms with Crippen LogP contribution in [0.1, 0.15) is 26.7 Å². The van der Waals surface area contributed by atoms with Gasteiger partial charge in [-0.1, -0.05) is 0 Å². The van der Waals surface area contributed by atoms with Gasteiger partial charge in [-0.05, 0) is 45.8 Å². The Morgan fingerprint density at radius 3 is 2.52 bits per heavy atom. The summed E-state index contributed by atoms with van der Waals surface area (Å²) in [6.07, 6.45) is 4.84. The van der Waals surface area contributed by atoms with Gasteiger partial charge in [0.05, 0.1) is 10.5 Å². The molecule has 0 unspecified atom stereocenters. The minimum atomic E-state index is -3.16. The second-order valence-electron chi connectivity index (χ2n) is 7.04. The molecule has 3 rings (SSSR count). The van der Waals surface area contributed by atoms with Gasteiger partial charge in [0.15, 0.2) is 9.84 Å². The highest BCUT2D eigenvalue weighted by Gasteiger charge is 2.49. The van der Waals surface area contributed by atoms with E-state index in [4.69, 9.17) is 0 Å². The van der Waals surface area contributed by atoms with Gasteiger partial charge in [-0.15, -0.1) is 0 Å². The van der Waals surface area contributed by atoms with Gasteiger partial charge in [0.25, 0.3) is 5.91 Å². The van der Waals surface area contributed by atoms with E-state index in [1.165, 1.54) is 0 Å². The molecule has 2 aliphatic heterocycles. The molecule has 0 bridgehead atoms. The van der Waals surface area contributed by atoms with Gasteiger partial charge < -0.3 is 10.2 Å². The third-order valence-corrected chi connectivity index (χ3v) is 7.64. The van der Waals surface area contributed by atoms with E-state index in [9.17, 15) is 13.2 Å². The van der Waals surface area contributed by atoms with Crippen LogP contribution in [0.25, 0.3) is 0 Å². The summed E-state index contributed by atoms with van der Waals surface area (Å²) in [5.41, 5.74) is -0.702. The third kappa shape index (κ3) is 2.67. The summed E-state index contributed by atoms with van der Waals surface area (Å²) in [7, 11) is -3.16. The van der Waals surface area contributed by atoms with Crippen LogP contribution in [-0.4, -0.2) is 65.7 Å². The Kier molecular flexibility index (Phi) is 4.00. The number of nitrogens with zero attached hydrogens (tertiary/aromatic N) is 3. The molecule has 1 N–H and O–H groups in total. The minimum absolute atomic E-state index is 0.00863. The molecule has 0 atom stereocenters. The van der Waals surface area contributed by atoms with Crippen LogP contribution >= 0.6 is 0 Å². The molecule has 1 aromatic heterocycles. The lowest BCUT2D eigenvalue weighted by Crippen LogP contribution is -2.61. The fourth-order valence-corrected chi connectivity index (χ4v) is 4.88. The monoisotopic (exact) mass is 340 g/mol. The van der Waals surface area contributed by atoms with E-state index in [2.05, 4.69) is 10.4 Å². The van der Waals surface area contributed by atoms with Gasteiger partial charge in [0.1, 0.15) is 5.54 Å². The van der Waals surface area contributed by atoms with Crippen LogP contribution in [0.5, 0.6) is 0 Å². The van der Waals surface area contributed by atoms with E-state index in [-0.39, 0.29) is 24.7 Å². The molecule has 0 saturated carbocycles. The van der Waals surface area contributed by atoms with Gasteiger partial charge in [0, 0.05) is 25.5 Å². The van der Waals surface area contributed by atoms with E-state index >= 15 is 0 Å². The maximum absolute atomic E-state index is 13.3. The molecular formula is C15H24N4O3S. The molecule has 7 nitrogen and oxygen atoms in total. The molecule has 128 valence electrons. The summed E-state index contributed by atoms with van der Waals surface area (Å²) in [5, 5.41) is 7.60. The molecule has 1 aromatic rings. The highest BCUT2D eigenvalue weighted by atomic mass is 32.2.